The van der Waals surface area contributed by atoms with Gasteiger partial charge in [0.1, 0.15) is 5.84 Å². The topological polar surface area (TPSA) is 133 Å². The second kappa shape index (κ2) is 11.1. The number of anilines is 1. The Hall–Kier alpha value is -3.62. The maximum atomic E-state index is 12.7. The number of hydrogen-bond acceptors (Lipinski definition) is 6. The number of carbonyl (C=O) groups excluding carboxylic acids is 2. The smallest absolute Gasteiger partial charge is 0.251 e. The molecule has 1 heterocycles. The van der Waals surface area contributed by atoms with Crippen molar-refractivity contribution in [3.05, 3.63) is 46.8 Å². The van der Waals surface area contributed by atoms with Crippen LogP contribution in [0.15, 0.2) is 35.7 Å². The fourth-order valence-electron chi connectivity index (χ4n) is 3.46. The van der Waals surface area contributed by atoms with Crippen LogP contribution in [-0.2, 0) is 4.79 Å². The lowest BCUT2D eigenvalue weighted by atomic mass is 10.0. The summed E-state index contributed by atoms with van der Waals surface area (Å²) in [4.78, 5) is 26.2. The lowest BCUT2D eigenvalue weighted by Crippen LogP contribution is -2.40. The van der Waals surface area contributed by atoms with Crippen LogP contribution in [0.1, 0.15) is 43.1 Å². The SMILES string of the molecule is CN/C=C(\C=N)c1cc(NC(=N)C2=C(NC)CCN(C(C)=O)C2)cc(C(=O)NC(C)C)c1. The van der Waals surface area contributed by atoms with Gasteiger partial charge in [0, 0.05) is 80.5 Å². The van der Waals surface area contributed by atoms with Gasteiger partial charge in [-0.2, -0.15) is 0 Å². The van der Waals surface area contributed by atoms with Crippen LogP contribution in [-0.4, -0.2) is 62.0 Å². The van der Waals surface area contributed by atoms with Crippen molar-refractivity contribution in [2.75, 3.05) is 32.5 Å². The molecule has 9 heteroatoms. The third-order valence-electron chi connectivity index (χ3n) is 5.07. The lowest BCUT2D eigenvalue weighted by Gasteiger charge is -2.30. The van der Waals surface area contributed by atoms with Gasteiger partial charge in [0.05, 0.1) is 6.54 Å². The maximum absolute atomic E-state index is 12.7. The molecule has 0 spiro atoms. The summed E-state index contributed by atoms with van der Waals surface area (Å²) in [6, 6.07) is 5.16. The van der Waals surface area contributed by atoms with Gasteiger partial charge in [-0.15, -0.1) is 0 Å². The van der Waals surface area contributed by atoms with Crippen LogP contribution in [0.5, 0.6) is 0 Å². The fraction of sp³-hybridized carbons (Fsp3) is 0.391. The number of nitrogens with one attached hydrogen (secondary N) is 6. The molecule has 0 atom stereocenters. The normalized spacial score (nSPS) is 14.2. The molecule has 0 saturated heterocycles. The van der Waals surface area contributed by atoms with Crippen molar-refractivity contribution in [1.29, 1.82) is 10.8 Å². The molecule has 2 rings (SSSR count). The first-order chi connectivity index (χ1) is 15.2. The highest BCUT2D eigenvalue weighted by atomic mass is 16.2. The zero-order valence-corrected chi connectivity index (χ0v) is 19.3. The van der Waals surface area contributed by atoms with Gasteiger partial charge in [-0.05, 0) is 37.6 Å². The van der Waals surface area contributed by atoms with Gasteiger partial charge in [0.25, 0.3) is 5.91 Å². The quantitative estimate of drug-likeness (QED) is 0.273. The molecular formula is C23H33N7O2. The predicted octanol–water partition coefficient (Wildman–Crippen LogP) is 2.15. The summed E-state index contributed by atoms with van der Waals surface area (Å²) >= 11 is 0. The minimum Gasteiger partial charge on any atom is -0.393 e. The van der Waals surface area contributed by atoms with Crippen molar-refractivity contribution in [2.45, 2.75) is 33.2 Å². The van der Waals surface area contributed by atoms with Crippen molar-refractivity contribution in [2.24, 2.45) is 0 Å². The Balaban J connectivity index is 2.44. The van der Waals surface area contributed by atoms with Gasteiger partial charge in [-0.1, -0.05) is 0 Å². The molecule has 6 N–H and O–H groups in total. The molecule has 172 valence electrons. The second-order valence-corrected chi connectivity index (χ2v) is 7.86. The highest BCUT2D eigenvalue weighted by molar-refractivity contribution is 6.11. The zero-order chi connectivity index (χ0) is 23.8. The lowest BCUT2D eigenvalue weighted by molar-refractivity contribution is -0.128. The molecule has 0 fully saturated rings. The van der Waals surface area contributed by atoms with E-state index in [1.54, 1.807) is 43.4 Å². The highest BCUT2D eigenvalue weighted by Gasteiger charge is 2.23. The Kier molecular flexibility index (Phi) is 8.57. The van der Waals surface area contributed by atoms with Crippen LogP contribution in [0.3, 0.4) is 0 Å². The van der Waals surface area contributed by atoms with Crippen molar-refractivity contribution < 1.29 is 9.59 Å². The molecular weight excluding hydrogens is 406 g/mol. The molecule has 32 heavy (non-hydrogen) atoms. The molecule has 1 aliphatic rings. The molecule has 0 radical (unpaired) electrons. The van der Waals surface area contributed by atoms with E-state index < -0.39 is 0 Å². The van der Waals surface area contributed by atoms with E-state index in [1.165, 1.54) is 13.1 Å². The van der Waals surface area contributed by atoms with Crippen LogP contribution >= 0.6 is 0 Å². The summed E-state index contributed by atoms with van der Waals surface area (Å²) in [6.45, 7) is 6.24. The number of carbonyl (C=O) groups is 2. The minimum absolute atomic E-state index is 0.0286. The molecule has 1 aromatic rings. The van der Waals surface area contributed by atoms with Crippen LogP contribution in [0, 0.1) is 10.8 Å². The minimum atomic E-state index is -0.235. The van der Waals surface area contributed by atoms with E-state index >= 15 is 0 Å². The predicted molar refractivity (Wildman–Crippen MR) is 129 cm³/mol. The molecule has 9 nitrogen and oxygen atoms in total. The third-order valence-corrected chi connectivity index (χ3v) is 5.07. The van der Waals surface area contributed by atoms with Crippen molar-refractivity contribution in [3.8, 4) is 0 Å². The van der Waals surface area contributed by atoms with Gasteiger partial charge >= 0.3 is 0 Å². The Bertz CT molecular complexity index is 963. The number of rotatable bonds is 8. The van der Waals surface area contributed by atoms with E-state index in [4.69, 9.17) is 10.8 Å². The van der Waals surface area contributed by atoms with E-state index in [-0.39, 0.29) is 23.7 Å². The van der Waals surface area contributed by atoms with E-state index in [1.807, 2.05) is 13.8 Å². The zero-order valence-electron chi connectivity index (χ0n) is 19.3. The highest BCUT2D eigenvalue weighted by Crippen LogP contribution is 2.23. The number of amidine groups is 1. The van der Waals surface area contributed by atoms with Crippen LogP contribution in [0.4, 0.5) is 5.69 Å². The summed E-state index contributed by atoms with van der Waals surface area (Å²) in [5.74, 6) is -0.115. The number of benzene rings is 1. The molecule has 0 bridgehead atoms. The number of allylic oxidation sites excluding steroid dienone is 1. The van der Waals surface area contributed by atoms with Crippen molar-refractivity contribution in [1.82, 2.24) is 20.9 Å². The molecule has 1 aliphatic heterocycles. The Morgan fingerprint density at radius 3 is 2.41 bits per heavy atom. The summed E-state index contributed by atoms with van der Waals surface area (Å²) in [5.41, 5.74) is 3.84. The second-order valence-electron chi connectivity index (χ2n) is 7.86. The van der Waals surface area contributed by atoms with Crippen molar-refractivity contribution in [3.63, 3.8) is 0 Å². The summed E-state index contributed by atoms with van der Waals surface area (Å²) in [5, 5.41) is 28.4. The average molecular weight is 440 g/mol. The Labute approximate surface area is 189 Å². The Morgan fingerprint density at radius 2 is 1.84 bits per heavy atom. The average Bonchev–Trinajstić information content (AvgIpc) is 2.76. The van der Waals surface area contributed by atoms with E-state index in [9.17, 15) is 9.59 Å². The first-order valence-corrected chi connectivity index (χ1v) is 10.6. The number of amides is 2. The Morgan fingerprint density at radius 1 is 1.16 bits per heavy atom. The van der Waals surface area contributed by atoms with Crippen LogP contribution in [0.25, 0.3) is 5.57 Å². The maximum Gasteiger partial charge on any atom is 0.251 e. The number of hydrogen-bond donors (Lipinski definition) is 6. The van der Waals surface area contributed by atoms with Crippen LogP contribution < -0.4 is 21.3 Å². The molecule has 0 aromatic heterocycles. The molecule has 0 saturated carbocycles. The summed E-state index contributed by atoms with van der Waals surface area (Å²) in [7, 11) is 3.54. The van der Waals surface area contributed by atoms with Gasteiger partial charge in [-0.3, -0.25) is 15.0 Å². The standard InChI is InChI=1S/C23H33N7O2/c1-14(2)28-23(32)17-8-16(18(11-24)12-26-4)9-19(10-17)29-22(25)20-13-30(15(3)31)7-6-21(20)27-5/h8-12,14,24,26-27H,6-7,13H2,1-5H3,(H2,25,29)(H,28,32)/b18-12+,24-11?. The molecule has 0 aliphatic carbocycles. The fourth-order valence-corrected chi connectivity index (χ4v) is 3.46. The first kappa shape index (κ1) is 24.6. The van der Waals surface area contributed by atoms with Gasteiger partial charge in [0.15, 0.2) is 0 Å². The molecule has 1 aromatic carbocycles. The molecule has 0 unspecified atom stereocenters. The third kappa shape index (κ3) is 6.19. The van der Waals surface area contributed by atoms with Gasteiger partial charge < -0.3 is 31.6 Å². The van der Waals surface area contributed by atoms with Crippen molar-refractivity contribution >= 4 is 35.1 Å². The van der Waals surface area contributed by atoms with E-state index in [0.717, 1.165) is 5.70 Å². The summed E-state index contributed by atoms with van der Waals surface area (Å²) in [6.07, 6.45) is 3.52. The summed E-state index contributed by atoms with van der Waals surface area (Å²) < 4.78 is 0. The van der Waals surface area contributed by atoms with Gasteiger partial charge in [0.2, 0.25) is 5.91 Å². The number of nitrogens with zero attached hydrogens (tertiary/aromatic N) is 1. The molecule has 2 amide bonds. The largest absolute Gasteiger partial charge is 0.393 e. The van der Waals surface area contributed by atoms with E-state index in [2.05, 4.69) is 21.3 Å². The first-order valence-electron chi connectivity index (χ1n) is 10.6. The van der Waals surface area contributed by atoms with Crippen LogP contribution in [0.2, 0.25) is 0 Å². The van der Waals surface area contributed by atoms with Gasteiger partial charge in [-0.25, -0.2) is 0 Å². The van der Waals surface area contributed by atoms with E-state index in [0.29, 0.717) is 47.5 Å². The monoisotopic (exact) mass is 439 g/mol.